The van der Waals surface area contributed by atoms with Gasteiger partial charge < -0.3 is 9.57 Å². The molecular weight excluding hydrogens is 476 g/mol. The highest BCUT2D eigenvalue weighted by Crippen LogP contribution is 2.47. The summed E-state index contributed by atoms with van der Waals surface area (Å²) in [6.07, 6.45) is 1.39. The van der Waals surface area contributed by atoms with Gasteiger partial charge in [-0.25, -0.2) is 4.79 Å². The van der Waals surface area contributed by atoms with E-state index in [1.54, 1.807) is 24.3 Å². The molecule has 1 aliphatic rings. The summed E-state index contributed by atoms with van der Waals surface area (Å²) in [4.78, 5) is 53.4. The van der Waals surface area contributed by atoms with Crippen LogP contribution < -0.4 is 0 Å². The Hall–Kier alpha value is -3.88. The van der Waals surface area contributed by atoms with Gasteiger partial charge in [0.05, 0.1) is 24.4 Å². The number of oxime groups is 1. The van der Waals surface area contributed by atoms with E-state index in [1.807, 2.05) is 33.8 Å². The normalized spacial score (nSPS) is 14.2. The van der Waals surface area contributed by atoms with Gasteiger partial charge in [0.25, 0.3) is 5.69 Å². The lowest BCUT2D eigenvalue weighted by molar-refractivity contribution is -0.384. The zero-order valence-electron chi connectivity index (χ0n) is 21.6. The second-order valence-electron chi connectivity index (χ2n) is 9.44. The van der Waals surface area contributed by atoms with Gasteiger partial charge in [0.15, 0.2) is 0 Å². The van der Waals surface area contributed by atoms with E-state index in [0.717, 1.165) is 22.3 Å². The number of rotatable bonds is 12. The second-order valence-corrected chi connectivity index (χ2v) is 9.44. The third-order valence-corrected chi connectivity index (χ3v) is 6.14. The molecule has 0 saturated carbocycles. The molecule has 9 nitrogen and oxygen atoms in total. The summed E-state index contributed by atoms with van der Waals surface area (Å²) in [5.41, 5.74) is 3.87. The Kier molecular flexibility index (Phi) is 9.27. The number of ether oxygens (including phenoxy) is 1. The fourth-order valence-electron chi connectivity index (χ4n) is 4.39. The number of nitro benzene ring substituents is 1. The molecule has 0 amide bonds. The first-order valence-electron chi connectivity index (χ1n) is 12.6. The quantitative estimate of drug-likeness (QED) is 0.0862. The molecule has 37 heavy (non-hydrogen) atoms. The van der Waals surface area contributed by atoms with E-state index in [2.05, 4.69) is 5.16 Å². The largest absolute Gasteiger partial charge is 0.466 e. The lowest BCUT2D eigenvalue weighted by Gasteiger charge is -2.12. The smallest absolute Gasteiger partial charge is 0.335 e. The van der Waals surface area contributed by atoms with Crippen LogP contribution in [0.2, 0.25) is 0 Å². The summed E-state index contributed by atoms with van der Waals surface area (Å²) in [6.45, 7) is 7.88. The SMILES string of the molecule is CCCOC(=O)CC/C(=N\OC(=O)CC(C)C)C(=O)c1ccc2c(c1)C(CC)c1cc([N+](=O)[O-])ccc1-2. The minimum Gasteiger partial charge on any atom is -0.466 e. The Labute approximate surface area is 216 Å². The predicted octanol–water partition coefficient (Wildman–Crippen LogP) is 5.98. The number of esters is 1. The average molecular weight is 509 g/mol. The zero-order chi connectivity index (χ0) is 27.1. The lowest BCUT2D eigenvalue weighted by Crippen LogP contribution is -2.19. The van der Waals surface area contributed by atoms with Crippen LogP contribution in [-0.4, -0.2) is 35.0 Å². The molecule has 3 rings (SSSR count). The van der Waals surface area contributed by atoms with Gasteiger partial charge in [-0.3, -0.25) is 19.7 Å². The van der Waals surface area contributed by atoms with Crippen molar-refractivity contribution in [1.29, 1.82) is 0 Å². The lowest BCUT2D eigenvalue weighted by atomic mass is 9.92. The molecule has 0 aromatic heterocycles. The summed E-state index contributed by atoms with van der Waals surface area (Å²) in [7, 11) is 0. The number of nitrogens with zero attached hydrogens (tertiary/aromatic N) is 2. The number of hydrogen-bond acceptors (Lipinski definition) is 8. The van der Waals surface area contributed by atoms with E-state index in [4.69, 9.17) is 9.57 Å². The van der Waals surface area contributed by atoms with Gasteiger partial charge in [-0.1, -0.05) is 45.0 Å². The van der Waals surface area contributed by atoms with Crippen molar-refractivity contribution in [2.75, 3.05) is 6.61 Å². The van der Waals surface area contributed by atoms with Crippen LogP contribution in [0.15, 0.2) is 41.6 Å². The van der Waals surface area contributed by atoms with E-state index < -0.39 is 22.6 Å². The molecule has 0 aliphatic heterocycles. The van der Waals surface area contributed by atoms with Crippen molar-refractivity contribution in [3.05, 3.63) is 63.2 Å². The summed E-state index contributed by atoms with van der Waals surface area (Å²) >= 11 is 0. The number of nitro groups is 1. The highest BCUT2D eigenvalue weighted by molar-refractivity contribution is 6.46. The molecule has 196 valence electrons. The monoisotopic (exact) mass is 508 g/mol. The second kappa shape index (κ2) is 12.4. The molecule has 2 aromatic rings. The molecule has 0 spiro atoms. The minimum atomic E-state index is -0.564. The van der Waals surface area contributed by atoms with Crippen LogP contribution in [-0.2, 0) is 19.2 Å². The van der Waals surface area contributed by atoms with E-state index in [0.29, 0.717) is 18.4 Å². The summed E-state index contributed by atoms with van der Waals surface area (Å²) < 4.78 is 5.10. The first-order chi connectivity index (χ1) is 17.7. The molecule has 0 N–H and O–H groups in total. The molecule has 0 radical (unpaired) electrons. The van der Waals surface area contributed by atoms with Crippen molar-refractivity contribution in [3.63, 3.8) is 0 Å². The van der Waals surface area contributed by atoms with Crippen LogP contribution in [0.4, 0.5) is 5.69 Å². The molecule has 1 unspecified atom stereocenters. The van der Waals surface area contributed by atoms with Crippen LogP contribution >= 0.6 is 0 Å². The summed E-state index contributed by atoms with van der Waals surface area (Å²) in [5.74, 6) is -1.53. The van der Waals surface area contributed by atoms with Gasteiger partial charge in [-0.05, 0) is 53.1 Å². The number of ketones is 1. The topological polar surface area (TPSA) is 125 Å². The van der Waals surface area contributed by atoms with Crippen molar-refractivity contribution in [3.8, 4) is 11.1 Å². The van der Waals surface area contributed by atoms with Gasteiger partial charge in [-0.2, -0.15) is 0 Å². The van der Waals surface area contributed by atoms with E-state index in [-0.39, 0.29) is 49.1 Å². The Morgan fingerprint density at radius 2 is 1.68 bits per heavy atom. The molecule has 0 heterocycles. The number of carbonyl (C=O) groups excluding carboxylic acids is 3. The Bertz CT molecular complexity index is 1230. The van der Waals surface area contributed by atoms with E-state index in [1.165, 1.54) is 6.07 Å². The van der Waals surface area contributed by atoms with Crippen LogP contribution in [0.3, 0.4) is 0 Å². The fraction of sp³-hybridized carbons (Fsp3) is 0.429. The van der Waals surface area contributed by atoms with E-state index >= 15 is 0 Å². The van der Waals surface area contributed by atoms with Gasteiger partial charge in [0, 0.05) is 30.0 Å². The van der Waals surface area contributed by atoms with Crippen molar-refractivity contribution < 1.29 is 28.9 Å². The number of non-ortho nitro benzene ring substituents is 1. The maximum atomic E-state index is 13.5. The Balaban J connectivity index is 1.90. The highest BCUT2D eigenvalue weighted by Gasteiger charge is 2.30. The van der Waals surface area contributed by atoms with Crippen molar-refractivity contribution in [2.45, 2.75) is 65.7 Å². The number of benzene rings is 2. The van der Waals surface area contributed by atoms with Crippen LogP contribution in [0.5, 0.6) is 0 Å². The standard InChI is InChI=1S/C28H32N2O7/c1-5-13-36-26(31)12-11-25(29-37-27(32)14-17(3)4)28(33)18-7-9-21-22-10-8-19(30(34)35)16-24(22)20(6-2)23(21)15-18/h7-10,15-17,20H,5-6,11-14H2,1-4H3/b29-25+. The van der Waals surface area contributed by atoms with E-state index in [9.17, 15) is 24.5 Å². The van der Waals surface area contributed by atoms with Gasteiger partial charge in [0.2, 0.25) is 5.78 Å². The molecule has 0 fully saturated rings. The van der Waals surface area contributed by atoms with Crippen LogP contribution in [0.1, 0.15) is 87.2 Å². The molecule has 1 atom stereocenters. The number of fused-ring (bicyclic) bond motifs is 3. The summed E-state index contributed by atoms with van der Waals surface area (Å²) in [6, 6.07) is 10.1. The molecule has 0 bridgehead atoms. The first kappa shape index (κ1) is 27.7. The molecular formula is C28H32N2O7. The van der Waals surface area contributed by atoms with Gasteiger partial charge in [-0.15, -0.1) is 0 Å². The molecule has 2 aromatic carbocycles. The van der Waals surface area contributed by atoms with Gasteiger partial charge >= 0.3 is 11.9 Å². The Morgan fingerprint density at radius 3 is 2.30 bits per heavy atom. The van der Waals surface area contributed by atoms with Crippen LogP contribution in [0.25, 0.3) is 11.1 Å². The number of hydrogen-bond donors (Lipinski definition) is 0. The highest BCUT2D eigenvalue weighted by atomic mass is 16.7. The number of Topliss-reactive ketones (excluding diaryl/α,β-unsaturated/α-hetero) is 1. The third kappa shape index (κ3) is 6.67. The van der Waals surface area contributed by atoms with Crippen LogP contribution in [0, 0.1) is 16.0 Å². The van der Waals surface area contributed by atoms with Crippen molar-refractivity contribution in [2.24, 2.45) is 11.1 Å². The molecule has 1 aliphatic carbocycles. The maximum absolute atomic E-state index is 13.5. The predicted molar refractivity (Wildman–Crippen MR) is 138 cm³/mol. The minimum absolute atomic E-state index is 0.0221. The first-order valence-corrected chi connectivity index (χ1v) is 12.6. The zero-order valence-corrected chi connectivity index (χ0v) is 21.6. The maximum Gasteiger partial charge on any atom is 0.335 e. The number of carbonyl (C=O) groups is 3. The van der Waals surface area contributed by atoms with Crippen molar-refractivity contribution >= 4 is 29.1 Å². The summed E-state index contributed by atoms with van der Waals surface area (Å²) in [5, 5.41) is 15.1. The van der Waals surface area contributed by atoms with Gasteiger partial charge in [0.1, 0.15) is 5.71 Å². The average Bonchev–Trinajstić information content (AvgIpc) is 3.18. The van der Waals surface area contributed by atoms with Crippen molar-refractivity contribution in [1.82, 2.24) is 0 Å². The third-order valence-electron chi connectivity index (χ3n) is 6.14. The molecule has 0 saturated heterocycles. The fourth-order valence-corrected chi connectivity index (χ4v) is 4.39. The Morgan fingerprint density at radius 1 is 1.00 bits per heavy atom. The molecule has 9 heteroatoms.